The van der Waals surface area contributed by atoms with E-state index < -0.39 is 6.29 Å². The molecule has 5 aliphatic rings. The highest BCUT2D eigenvalue weighted by Crippen LogP contribution is 2.70. The Morgan fingerprint density at radius 2 is 1.86 bits per heavy atom. The summed E-state index contributed by atoms with van der Waals surface area (Å²) in [5.74, 6) is 1.81. The molecule has 1 N–H and O–H groups in total. The van der Waals surface area contributed by atoms with Crippen LogP contribution in [0.4, 0.5) is 0 Å². The minimum absolute atomic E-state index is 0.0727. The van der Waals surface area contributed by atoms with Crippen molar-refractivity contribution in [2.75, 3.05) is 0 Å². The van der Waals surface area contributed by atoms with Crippen LogP contribution in [0, 0.1) is 28.6 Å². The van der Waals surface area contributed by atoms with Crippen LogP contribution in [0.25, 0.3) is 0 Å². The Balaban J connectivity index is 1.55. The average molecular weight is 419 g/mol. The Bertz CT molecular complexity index is 777. The summed E-state index contributed by atoms with van der Waals surface area (Å²) in [5.41, 5.74) is 1.29. The number of ketones is 1. The third kappa shape index (κ3) is 2.79. The van der Waals surface area contributed by atoms with Crippen LogP contribution in [-0.2, 0) is 14.3 Å². The largest absolute Gasteiger partial charge is 0.368 e. The molecule has 5 heteroatoms. The second kappa shape index (κ2) is 6.67. The molecule has 8 atom stereocenters. The third-order valence-corrected chi connectivity index (χ3v) is 10.8. The molecule has 160 valence electrons. The number of hydrogen-bond acceptors (Lipinski definition) is 5. The van der Waals surface area contributed by atoms with Crippen molar-refractivity contribution in [1.29, 1.82) is 0 Å². The summed E-state index contributed by atoms with van der Waals surface area (Å²) in [6.45, 7) is 6.48. The second-order valence-electron chi connectivity index (χ2n) is 10.8. The summed E-state index contributed by atoms with van der Waals surface area (Å²) in [6.07, 6.45) is 9.93. The summed E-state index contributed by atoms with van der Waals surface area (Å²) >= 11 is 1.51. The first kappa shape index (κ1) is 20.3. The van der Waals surface area contributed by atoms with Crippen molar-refractivity contribution in [2.24, 2.45) is 28.6 Å². The quantitative estimate of drug-likeness (QED) is 0.672. The van der Waals surface area contributed by atoms with E-state index in [2.05, 4.69) is 13.8 Å². The number of fused-ring (bicyclic) bond motifs is 6. The molecule has 0 unspecified atom stereocenters. The lowest BCUT2D eigenvalue weighted by Crippen LogP contribution is -2.57. The SMILES string of the molecule is CC(=O)S[C@@H]1CC2=CC(=O)CC[C@]2(C)[C@H]2CC[C@@]3(C)[C@H](CC[C@@]34CC[C@H](O)O4)[C@H]12. The van der Waals surface area contributed by atoms with Crippen LogP contribution >= 0.6 is 11.8 Å². The van der Waals surface area contributed by atoms with Gasteiger partial charge in [0, 0.05) is 25.0 Å². The normalized spacial score (nSPS) is 51.4. The van der Waals surface area contributed by atoms with Crippen molar-refractivity contribution >= 4 is 22.7 Å². The molecule has 4 fully saturated rings. The highest BCUT2D eigenvalue weighted by Gasteiger charge is 2.67. The molecule has 1 heterocycles. The average Bonchev–Trinajstić information content (AvgIpc) is 3.17. The number of rotatable bonds is 1. The van der Waals surface area contributed by atoms with Gasteiger partial charge >= 0.3 is 0 Å². The molecule has 0 bridgehead atoms. The first-order chi connectivity index (χ1) is 13.7. The van der Waals surface area contributed by atoms with Crippen molar-refractivity contribution < 1.29 is 19.4 Å². The number of allylic oxidation sites excluding steroid dienone is 1. The van der Waals surface area contributed by atoms with Crippen LogP contribution < -0.4 is 0 Å². The third-order valence-electron chi connectivity index (χ3n) is 9.72. The van der Waals surface area contributed by atoms with E-state index in [1.165, 1.54) is 17.3 Å². The molecule has 4 nitrogen and oxygen atoms in total. The number of thioether (sulfide) groups is 1. The number of ether oxygens (including phenoxy) is 1. The van der Waals surface area contributed by atoms with Crippen molar-refractivity contribution in [3.05, 3.63) is 11.6 Å². The molecule has 0 amide bonds. The zero-order chi connectivity index (χ0) is 20.6. The fourth-order valence-corrected chi connectivity index (χ4v) is 9.49. The second-order valence-corrected chi connectivity index (χ2v) is 12.2. The fourth-order valence-electron chi connectivity index (χ4n) is 8.27. The minimum Gasteiger partial charge on any atom is -0.368 e. The Hall–Kier alpha value is -0.650. The molecular formula is C24H34O4S. The maximum atomic E-state index is 12.2. The van der Waals surface area contributed by atoms with Gasteiger partial charge in [-0.15, -0.1) is 0 Å². The first-order valence-electron chi connectivity index (χ1n) is 11.5. The monoisotopic (exact) mass is 418 g/mol. The van der Waals surface area contributed by atoms with E-state index in [9.17, 15) is 14.7 Å². The van der Waals surface area contributed by atoms with Gasteiger partial charge in [-0.25, -0.2) is 0 Å². The predicted molar refractivity (Wildman–Crippen MR) is 113 cm³/mol. The van der Waals surface area contributed by atoms with Crippen LogP contribution in [0.15, 0.2) is 11.6 Å². The molecule has 1 aliphatic heterocycles. The van der Waals surface area contributed by atoms with Gasteiger partial charge in [-0.05, 0) is 79.6 Å². The van der Waals surface area contributed by atoms with Crippen molar-refractivity contribution in [3.63, 3.8) is 0 Å². The van der Waals surface area contributed by atoms with Crippen LogP contribution in [-0.4, -0.2) is 33.1 Å². The van der Waals surface area contributed by atoms with Gasteiger partial charge in [0.25, 0.3) is 0 Å². The van der Waals surface area contributed by atoms with Gasteiger partial charge in [0.05, 0.1) is 5.60 Å². The molecular weight excluding hydrogens is 384 g/mol. The fraction of sp³-hybridized carbons (Fsp3) is 0.833. The van der Waals surface area contributed by atoms with Gasteiger partial charge in [0.15, 0.2) is 17.2 Å². The highest BCUT2D eigenvalue weighted by molar-refractivity contribution is 8.14. The summed E-state index contributed by atoms with van der Waals surface area (Å²) in [7, 11) is 0. The number of aliphatic hydroxyl groups excluding tert-OH is 1. The number of carbonyl (C=O) groups excluding carboxylic acids is 2. The van der Waals surface area contributed by atoms with E-state index in [1.807, 2.05) is 6.08 Å². The molecule has 0 radical (unpaired) electrons. The summed E-state index contributed by atoms with van der Waals surface area (Å²) in [5, 5.41) is 10.6. The Morgan fingerprint density at radius 1 is 1.14 bits per heavy atom. The van der Waals surface area contributed by atoms with Gasteiger partial charge in [0.1, 0.15) is 0 Å². The topological polar surface area (TPSA) is 63.6 Å². The Morgan fingerprint density at radius 3 is 2.55 bits per heavy atom. The highest BCUT2D eigenvalue weighted by atomic mass is 32.2. The summed E-state index contributed by atoms with van der Waals surface area (Å²) in [6, 6.07) is 0. The molecule has 5 rings (SSSR count). The standard InChI is InChI=1S/C24H34O4S/c1-14(25)29-19-13-15-12-16(26)4-8-22(15,2)17-5-9-23(3)18(21(17)19)6-10-24(23)11-7-20(27)28-24/h12,17-21,27H,4-11,13H2,1-3H3/t17-,18+,19+,20+,21+,22-,23-,24+/m0/s1. The molecule has 0 aromatic heterocycles. The van der Waals surface area contributed by atoms with E-state index in [4.69, 9.17) is 4.74 Å². The van der Waals surface area contributed by atoms with Crippen LogP contribution in [0.1, 0.15) is 78.6 Å². The zero-order valence-corrected chi connectivity index (χ0v) is 18.7. The summed E-state index contributed by atoms with van der Waals surface area (Å²) < 4.78 is 6.25. The molecule has 1 spiro atoms. The predicted octanol–water partition coefficient (Wildman–Crippen LogP) is 4.64. The molecule has 3 saturated carbocycles. The maximum absolute atomic E-state index is 12.2. The molecule has 4 aliphatic carbocycles. The number of aliphatic hydroxyl groups is 1. The van der Waals surface area contributed by atoms with Gasteiger partial charge < -0.3 is 9.84 Å². The number of hydrogen-bond donors (Lipinski definition) is 1. The lowest BCUT2D eigenvalue weighted by atomic mass is 9.46. The lowest BCUT2D eigenvalue weighted by molar-refractivity contribution is -0.195. The van der Waals surface area contributed by atoms with Crippen LogP contribution in [0.3, 0.4) is 0 Å². The van der Waals surface area contributed by atoms with E-state index in [0.29, 0.717) is 24.2 Å². The van der Waals surface area contributed by atoms with E-state index in [1.54, 1.807) is 6.92 Å². The Labute approximate surface area is 178 Å². The van der Waals surface area contributed by atoms with Gasteiger partial charge in [-0.2, -0.15) is 0 Å². The Kier molecular flexibility index (Phi) is 4.66. The molecule has 0 aromatic carbocycles. The van der Waals surface area contributed by atoms with E-state index >= 15 is 0 Å². The molecule has 29 heavy (non-hydrogen) atoms. The van der Waals surface area contributed by atoms with Gasteiger partial charge in [0.2, 0.25) is 0 Å². The van der Waals surface area contributed by atoms with E-state index in [-0.39, 0.29) is 32.6 Å². The lowest BCUT2D eigenvalue weighted by Gasteiger charge is -2.61. The smallest absolute Gasteiger partial charge is 0.186 e. The molecule has 0 aromatic rings. The van der Waals surface area contributed by atoms with Crippen LogP contribution in [0.2, 0.25) is 0 Å². The van der Waals surface area contributed by atoms with Gasteiger partial charge in [-0.3, -0.25) is 9.59 Å². The van der Waals surface area contributed by atoms with Crippen molar-refractivity contribution in [1.82, 2.24) is 0 Å². The number of carbonyl (C=O) groups is 2. The summed E-state index contributed by atoms with van der Waals surface area (Å²) in [4.78, 5) is 24.4. The van der Waals surface area contributed by atoms with Crippen LogP contribution in [0.5, 0.6) is 0 Å². The van der Waals surface area contributed by atoms with Crippen molar-refractivity contribution in [2.45, 2.75) is 95.7 Å². The maximum Gasteiger partial charge on any atom is 0.186 e. The zero-order valence-electron chi connectivity index (χ0n) is 17.9. The van der Waals surface area contributed by atoms with Crippen molar-refractivity contribution in [3.8, 4) is 0 Å². The van der Waals surface area contributed by atoms with E-state index in [0.717, 1.165) is 51.4 Å². The molecule has 1 saturated heterocycles. The first-order valence-corrected chi connectivity index (χ1v) is 12.3. The van der Waals surface area contributed by atoms with Gasteiger partial charge in [-0.1, -0.05) is 31.2 Å². The minimum atomic E-state index is -0.617.